The van der Waals surface area contributed by atoms with Gasteiger partial charge in [-0.1, -0.05) is 18.2 Å². The van der Waals surface area contributed by atoms with Crippen molar-refractivity contribution in [3.63, 3.8) is 0 Å². The Balaban J connectivity index is 1.89. The predicted molar refractivity (Wildman–Crippen MR) is 96.5 cm³/mol. The van der Waals surface area contributed by atoms with Crippen molar-refractivity contribution in [3.8, 4) is 0 Å². The number of pyridine rings is 1. The van der Waals surface area contributed by atoms with Crippen molar-refractivity contribution in [2.24, 2.45) is 0 Å². The van der Waals surface area contributed by atoms with E-state index in [2.05, 4.69) is 15.0 Å². The summed E-state index contributed by atoms with van der Waals surface area (Å²) < 4.78 is 27.2. The van der Waals surface area contributed by atoms with Gasteiger partial charge in [0, 0.05) is 25.4 Å². The first-order valence-corrected chi connectivity index (χ1v) is 9.54. The molecule has 134 valence electrons. The van der Waals surface area contributed by atoms with Gasteiger partial charge in [-0.3, -0.25) is 9.78 Å². The van der Waals surface area contributed by atoms with Crippen LogP contribution in [-0.2, 0) is 14.8 Å². The van der Waals surface area contributed by atoms with Gasteiger partial charge in [0.1, 0.15) is 0 Å². The lowest BCUT2D eigenvalue weighted by Gasteiger charge is -2.14. The number of aromatic nitrogens is 1. The lowest BCUT2D eigenvalue weighted by Crippen LogP contribution is -2.32. The van der Waals surface area contributed by atoms with Crippen LogP contribution < -0.4 is 10.0 Å². The number of carbonyl (C=O) groups is 1. The second-order valence-electron chi connectivity index (χ2n) is 5.99. The molecule has 0 bridgehead atoms. The summed E-state index contributed by atoms with van der Waals surface area (Å²) in [6.45, 7) is 5.48. The fourth-order valence-electron chi connectivity index (χ4n) is 2.40. The molecule has 2 N–H and O–H groups in total. The summed E-state index contributed by atoms with van der Waals surface area (Å²) in [4.78, 5) is 16.3. The quantitative estimate of drug-likeness (QED) is 0.792. The summed E-state index contributed by atoms with van der Waals surface area (Å²) >= 11 is 0. The van der Waals surface area contributed by atoms with E-state index in [1.54, 1.807) is 37.5 Å². The van der Waals surface area contributed by atoms with Gasteiger partial charge in [0.25, 0.3) is 0 Å². The molecule has 1 unspecified atom stereocenters. The van der Waals surface area contributed by atoms with Crippen LogP contribution in [0.15, 0.2) is 47.6 Å². The Hall–Kier alpha value is -2.25. The van der Waals surface area contributed by atoms with Crippen LogP contribution in [0.5, 0.6) is 0 Å². The zero-order chi connectivity index (χ0) is 18.4. The van der Waals surface area contributed by atoms with Gasteiger partial charge in [0.15, 0.2) is 0 Å². The predicted octanol–water partition coefficient (Wildman–Crippen LogP) is 2.24. The first-order chi connectivity index (χ1) is 11.8. The van der Waals surface area contributed by atoms with Crippen molar-refractivity contribution in [3.05, 3.63) is 59.4 Å². The molecule has 25 heavy (non-hydrogen) atoms. The number of carbonyl (C=O) groups excluding carboxylic acids is 1. The number of amides is 1. The summed E-state index contributed by atoms with van der Waals surface area (Å²) in [7, 11) is -3.63. The molecule has 0 aliphatic carbocycles. The molecule has 7 heteroatoms. The molecule has 0 aliphatic rings. The highest BCUT2D eigenvalue weighted by molar-refractivity contribution is 7.89. The summed E-state index contributed by atoms with van der Waals surface area (Å²) in [5, 5.41) is 2.83. The smallest absolute Gasteiger partial charge is 0.240 e. The first kappa shape index (κ1) is 19.1. The van der Waals surface area contributed by atoms with E-state index in [9.17, 15) is 13.2 Å². The molecule has 0 saturated heterocycles. The highest BCUT2D eigenvalue weighted by Gasteiger charge is 2.17. The molecule has 2 rings (SSSR count). The topological polar surface area (TPSA) is 88.2 Å². The van der Waals surface area contributed by atoms with Crippen LogP contribution >= 0.6 is 0 Å². The second kappa shape index (κ2) is 8.22. The Labute approximate surface area is 148 Å². The molecule has 1 heterocycles. The monoisotopic (exact) mass is 361 g/mol. The Morgan fingerprint density at radius 2 is 2.00 bits per heavy atom. The molecule has 0 radical (unpaired) electrons. The zero-order valence-corrected chi connectivity index (χ0v) is 15.4. The average molecular weight is 361 g/mol. The van der Waals surface area contributed by atoms with Crippen molar-refractivity contribution >= 4 is 15.9 Å². The van der Waals surface area contributed by atoms with Crippen LogP contribution in [0.2, 0.25) is 0 Å². The highest BCUT2D eigenvalue weighted by atomic mass is 32.2. The van der Waals surface area contributed by atoms with Crippen molar-refractivity contribution in [2.45, 2.75) is 38.1 Å². The molecule has 1 aromatic heterocycles. The number of sulfonamides is 1. The molecular formula is C18H23N3O3S. The third-order valence-corrected chi connectivity index (χ3v) is 5.44. The van der Waals surface area contributed by atoms with Crippen LogP contribution in [0.3, 0.4) is 0 Å². The van der Waals surface area contributed by atoms with E-state index in [0.717, 1.165) is 11.1 Å². The third-order valence-electron chi connectivity index (χ3n) is 3.84. The van der Waals surface area contributed by atoms with Crippen molar-refractivity contribution < 1.29 is 13.2 Å². The number of benzene rings is 1. The molecule has 1 atom stereocenters. The van der Waals surface area contributed by atoms with Gasteiger partial charge in [-0.25, -0.2) is 13.1 Å². The molecule has 0 saturated carbocycles. The van der Waals surface area contributed by atoms with Crippen molar-refractivity contribution in [2.75, 3.05) is 6.54 Å². The van der Waals surface area contributed by atoms with Crippen LogP contribution in [0, 0.1) is 13.8 Å². The molecule has 1 amide bonds. The fraction of sp³-hybridized carbons (Fsp3) is 0.333. The lowest BCUT2D eigenvalue weighted by atomic mass is 10.1. The molecule has 2 aromatic rings. The molecule has 1 aromatic carbocycles. The van der Waals surface area contributed by atoms with Crippen LogP contribution in [0.4, 0.5) is 0 Å². The van der Waals surface area contributed by atoms with Gasteiger partial charge in [-0.05, 0) is 49.6 Å². The number of nitrogens with one attached hydrogen (secondary N) is 2. The Morgan fingerprint density at radius 3 is 2.68 bits per heavy atom. The van der Waals surface area contributed by atoms with E-state index in [1.807, 2.05) is 26.0 Å². The van der Waals surface area contributed by atoms with Crippen LogP contribution in [0.25, 0.3) is 0 Å². The standard InChI is InChI=1S/C18H23N3O3S/c1-13-6-7-14(2)17(11-13)25(23,24)20-10-8-18(22)21-15(3)16-5-4-9-19-12-16/h4-7,9,11-12,15,20H,8,10H2,1-3H3,(H,21,22). The number of aryl methyl sites for hydroxylation is 2. The van der Waals surface area contributed by atoms with Gasteiger partial charge in [-0.2, -0.15) is 0 Å². The molecule has 0 aliphatic heterocycles. The second-order valence-corrected chi connectivity index (χ2v) is 7.73. The Morgan fingerprint density at radius 1 is 1.24 bits per heavy atom. The largest absolute Gasteiger partial charge is 0.349 e. The molecular weight excluding hydrogens is 338 g/mol. The number of hydrogen-bond donors (Lipinski definition) is 2. The molecule has 0 fully saturated rings. The highest BCUT2D eigenvalue weighted by Crippen LogP contribution is 2.16. The van der Waals surface area contributed by atoms with E-state index in [4.69, 9.17) is 0 Å². The maximum absolute atomic E-state index is 12.4. The summed E-state index contributed by atoms with van der Waals surface area (Å²) in [6.07, 6.45) is 3.42. The number of nitrogens with zero attached hydrogens (tertiary/aromatic N) is 1. The summed E-state index contributed by atoms with van der Waals surface area (Å²) in [5.74, 6) is -0.222. The Kier molecular flexibility index (Phi) is 6.27. The van der Waals surface area contributed by atoms with Gasteiger partial charge in [-0.15, -0.1) is 0 Å². The maximum Gasteiger partial charge on any atom is 0.240 e. The fourth-order valence-corrected chi connectivity index (χ4v) is 3.76. The number of rotatable bonds is 7. The summed E-state index contributed by atoms with van der Waals surface area (Å²) in [5.41, 5.74) is 2.44. The van der Waals surface area contributed by atoms with Gasteiger partial charge >= 0.3 is 0 Å². The number of hydrogen-bond acceptors (Lipinski definition) is 4. The van der Waals surface area contributed by atoms with E-state index >= 15 is 0 Å². The van der Waals surface area contributed by atoms with E-state index in [1.165, 1.54) is 0 Å². The van der Waals surface area contributed by atoms with E-state index in [0.29, 0.717) is 5.56 Å². The molecule has 6 nitrogen and oxygen atoms in total. The van der Waals surface area contributed by atoms with Crippen molar-refractivity contribution in [1.82, 2.24) is 15.0 Å². The summed E-state index contributed by atoms with van der Waals surface area (Å²) in [6, 6.07) is 8.75. The normalized spacial score (nSPS) is 12.6. The van der Waals surface area contributed by atoms with Gasteiger partial charge < -0.3 is 5.32 Å². The minimum absolute atomic E-state index is 0.0430. The zero-order valence-electron chi connectivity index (χ0n) is 14.6. The van der Waals surface area contributed by atoms with Gasteiger partial charge in [0.2, 0.25) is 15.9 Å². The minimum Gasteiger partial charge on any atom is -0.349 e. The van der Waals surface area contributed by atoms with Crippen molar-refractivity contribution in [1.29, 1.82) is 0 Å². The first-order valence-electron chi connectivity index (χ1n) is 8.06. The van der Waals surface area contributed by atoms with Crippen LogP contribution in [-0.4, -0.2) is 25.9 Å². The van der Waals surface area contributed by atoms with Gasteiger partial charge in [0.05, 0.1) is 10.9 Å². The minimum atomic E-state index is -3.63. The van der Waals surface area contributed by atoms with E-state index in [-0.39, 0.29) is 29.8 Å². The third kappa shape index (κ3) is 5.37. The maximum atomic E-state index is 12.4. The average Bonchev–Trinajstić information content (AvgIpc) is 2.57. The molecule has 0 spiro atoms. The lowest BCUT2D eigenvalue weighted by molar-refractivity contribution is -0.121. The Bertz CT molecular complexity index is 836. The van der Waals surface area contributed by atoms with Crippen LogP contribution in [0.1, 0.15) is 36.1 Å². The SMILES string of the molecule is Cc1ccc(C)c(S(=O)(=O)NCCC(=O)NC(C)c2cccnc2)c1. The van der Waals surface area contributed by atoms with E-state index < -0.39 is 10.0 Å².